The fraction of sp³-hybridized carbons (Fsp3) is 0.520. The van der Waals surface area contributed by atoms with Crippen LogP contribution in [0.4, 0.5) is 0 Å². The molecular weight excluding hydrogens is 533 g/mol. The normalized spacial score (nSPS) is 17.5. The van der Waals surface area contributed by atoms with Crippen LogP contribution >= 0.6 is 24.8 Å². The number of rotatable bonds is 6. The van der Waals surface area contributed by atoms with Crippen molar-refractivity contribution in [3.8, 4) is 11.1 Å². The largest absolute Gasteiger partial charge is 0.147 e. The summed E-state index contributed by atoms with van der Waals surface area (Å²) < 4.78 is 13.9. The van der Waals surface area contributed by atoms with E-state index in [1.807, 2.05) is 0 Å². The molecule has 0 aliphatic heterocycles. The molecule has 0 atom stereocenters. The van der Waals surface area contributed by atoms with Crippen molar-refractivity contribution in [1.82, 2.24) is 3.80 Å². The number of nitrogens with one attached hydrogen (secondary N) is 1. The summed E-state index contributed by atoms with van der Waals surface area (Å²) in [5, 5.41) is 2.68. The minimum absolute atomic E-state index is 0. The van der Waals surface area contributed by atoms with Crippen molar-refractivity contribution in [2.75, 3.05) is 0 Å². The molecule has 0 saturated heterocycles. The number of hydrogen-bond acceptors (Lipinski definition) is 2. The third-order valence-electron chi connectivity index (χ3n) is 9.14. The molecule has 33 heavy (non-hydrogen) atoms. The average Bonchev–Trinajstić information content (AvgIpc) is 2.95. The number of benzene rings is 2. The molecule has 0 fully saturated rings. The first-order chi connectivity index (χ1) is 13.9. The topological polar surface area (TPSA) is 21.3 Å². The van der Waals surface area contributed by atoms with Crippen molar-refractivity contribution < 1.29 is 14.4 Å². The Morgan fingerprint density at radius 3 is 1.64 bits per heavy atom. The number of fused-ring (bicyclic) bond motifs is 3. The van der Waals surface area contributed by atoms with Crippen molar-refractivity contribution in [3.05, 3.63) is 59.7 Å². The molecule has 1 N–H and O–H groups in total. The summed E-state index contributed by atoms with van der Waals surface area (Å²) in [5.41, 5.74) is 5.72. The van der Waals surface area contributed by atoms with Crippen LogP contribution in [0.1, 0.15) is 43.0 Å². The molecule has 3 rings (SSSR count). The van der Waals surface area contributed by atoms with Gasteiger partial charge in [-0.25, -0.2) is 0 Å². The minimum Gasteiger partial charge on any atom is -0.147 e. The second-order valence-corrected chi connectivity index (χ2v) is 66.3. The summed E-state index contributed by atoms with van der Waals surface area (Å²) in [6, 6.07) is 18.3. The molecule has 8 heteroatoms. The van der Waals surface area contributed by atoms with E-state index in [9.17, 15) is 0 Å². The average molecular weight is 581 g/mol. The number of halogens is 2. The Balaban J connectivity index is 0.00000272. The maximum absolute atomic E-state index is 8.05. The predicted molar refractivity (Wildman–Crippen MR) is 159 cm³/mol. The molecule has 0 amide bonds. The molecule has 2 aromatic rings. The third kappa shape index (κ3) is 4.38. The molecular formula is C25H47Cl2NOSi3Ti. The molecule has 1 aliphatic rings. The first-order valence-electron chi connectivity index (χ1n) is 12.0. The second-order valence-electron chi connectivity index (χ2n) is 13.9. The van der Waals surface area contributed by atoms with Gasteiger partial charge in [0.2, 0.25) is 0 Å². The fourth-order valence-corrected chi connectivity index (χ4v) is 65.3. The molecule has 2 nitrogen and oxygen atoms in total. The molecule has 0 bridgehead atoms. The van der Waals surface area contributed by atoms with Crippen molar-refractivity contribution in [2.24, 2.45) is 0 Å². The monoisotopic (exact) mass is 579 g/mol. The fourth-order valence-electron chi connectivity index (χ4n) is 7.63. The predicted octanol–water partition coefficient (Wildman–Crippen LogP) is 7.45. The van der Waals surface area contributed by atoms with Gasteiger partial charge in [-0.3, -0.25) is 0 Å². The maximum atomic E-state index is 8.05. The van der Waals surface area contributed by atoms with E-state index in [0.717, 1.165) is 4.73 Å². The first-order valence-corrected chi connectivity index (χ1v) is 30.0. The van der Waals surface area contributed by atoms with Gasteiger partial charge in [0.05, 0.1) is 0 Å². The van der Waals surface area contributed by atoms with Gasteiger partial charge in [-0.15, -0.1) is 24.8 Å². The van der Waals surface area contributed by atoms with E-state index < -0.39 is 26.4 Å². The molecule has 0 radical (unpaired) electrons. The van der Waals surface area contributed by atoms with E-state index in [1.54, 1.807) is 0 Å². The molecule has 1 aliphatic carbocycles. The summed E-state index contributed by atoms with van der Waals surface area (Å²) in [4.78, 5) is 0. The minimum atomic E-state index is -5.02. The smallest absolute Gasteiger partial charge is 0.147 e. The van der Waals surface area contributed by atoms with Gasteiger partial charge in [0.1, 0.15) is 0 Å². The zero-order valence-corrected chi connectivity index (χ0v) is 29.2. The van der Waals surface area contributed by atoms with Crippen LogP contribution in [0.3, 0.4) is 0 Å². The molecule has 188 valence electrons. The van der Waals surface area contributed by atoms with Crippen molar-refractivity contribution in [3.63, 3.8) is 0 Å². The van der Waals surface area contributed by atoms with E-state index in [2.05, 4.69) is 126 Å². The Morgan fingerprint density at radius 1 is 0.939 bits per heavy atom. The van der Waals surface area contributed by atoms with Gasteiger partial charge in [-0.05, 0) is 0 Å². The summed E-state index contributed by atoms with van der Waals surface area (Å²) >= 11 is -5.02. The summed E-state index contributed by atoms with van der Waals surface area (Å²) in [6.45, 7) is 20.4. The van der Waals surface area contributed by atoms with Crippen LogP contribution in [0.5, 0.6) is 0 Å². The quantitative estimate of drug-likeness (QED) is 0.359. The van der Waals surface area contributed by atoms with Gasteiger partial charge in [0.15, 0.2) is 0 Å². The van der Waals surface area contributed by atoms with Crippen LogP contribution < -0.4 is 3.80 Å². The van der Waals surface area contributed by atoms with Gasteiger partial charge >= 0.3 is 192 Å². The molecule has 0 aromatic heterocycles. The molecule has 0 spiro atoms. The van der Waals surface area contributed by atoms with E-state index in [1.165, 1.54) is 22.3 Å². The summed E-state index contributed by atoms with van der Waals surface area (Å²) in [5.74, 6) is 0. The Kier molecular flexibility index (Phi) is 7.74. The molecule has 0 saturated carbocycles. The third-order valence-corrected chi connectivity index (χ3v) is 75.8. The van der Waals surface area contributed by atoms with Crippen molar-refractivity contribution in [1.29, 1.82) is 0 Å². The van der Waals surface area contributed by atoms with E-state index in [0.29, 0.717) is 0 Å². The second kappa shape index (κ2) is 8.16. The zero-order chi connectivity index (χ0) is 23.6. The molecule has 0 heterocycles. The molecule has 0 unspecified atom stereocenters. The van der Waals surface area contributed by atoms with Gasteiger partial charge in [-0.1, -0.05) is 0 Å². The van der Waals surface area contributed by atoms with Crippen LogP contribution in [0.2, 0.25) is 42.7 Å². The van der Waals surface area contributed by atoms with Crippen LogP contribution in [-0.4, -0.2) is 28.2 Å². The SMILES string of the molecule is C[CH2][Ti]([CH3])(=[SiH2])([NH]C(C)(C)C)([O][Si](C)(C)C)([CH]1c2ccccc2-c2ccccc21)[SiH](C)C.Cl.Cl. The van der Waals surface area contributed by atoms with E-state index >= 15 is 0 Å². The Labute approximate surface area is 215 Å². The number of hydrogen-bond donors (Lipinski definition) is 1. The van der Waals surface area contributed by atoms with Gasteiger partial charge < -0.3 is 0 Å². The Bertz CT molecular complexity index is 1120. The summed E-state index contributed by atoms with van der Waals surface area (Å²) in [7, 11) is 0.401. The van der Waals surface area contributed by atoms with Crippen molar-refractivity contribution >= 4 is 47.4 Å². The van der Waals surface area contributed by atoms with E-state index in [-0.39, 0.29) is 34.6 Å². The molecule has 2 aromatic carbocycles. The summed E-state index contributed by atoms with van der Waals surface area (Å²) in [6.07, 6.45) is 0. The van der Waals surface area contributed by atoms with Crippen LogP contribution in [0, 0.1) is 0 Å². The van der Waals surface area contributed by atoms with Crippen molar-refractivity contribution in [2.45, 2.75) is 80.1 Å². The van der Waals surface area contributed by atoms with Crippen LogP contribution in [0.15, 0.2) is 48.5 Å². The Hall–Kier alpha value is 0.305. The van der Waals surface area contributed by atoms with E-state index in [4.69, 9.17) is 3.01 Å². The Morgan fingerprint density at radius 2 is 1.33 bits per heavy atom. The van der Waals surface area contributed by atoms with Crippen LogP contribution in [0.25, 0.3) is 11.1 Å². The van der Waals surface area contributed by atoms with Gasteiger partial charge in [0, 0.05) is 0 Å². The maximum Gasteiger partial charge on any atom is -0.147 e. The standard InChI is InChI=1S/C13H9.C4H10N.C3H9OSi.C2H7Si.C2H5.CH3.2ClH.H2Si.Ti/c1-3-7-12-10(5-1)9-11-6-2-4-8-13(11)12;1-4(2,3)5;1-5(2,3)4;1-3-2;1-2;;;;;/h1-9H;5H,1-3H3;1-3H3;3H,1-2H3;1H2,2H3;1H3;2*1H;1H2;/q;2*-1;;;;;;;+2. The van der Waals surface area contributed by atoms with Crippen LogP contribution in [-0.2, 0) is 14.4 Å². The van der Waals surface area contributed by atoms with Gasteiger partial charge in [0.25, 0.3) is 0 Å². The first kappa shape index (κ1) is 31.3. The van der Waals surface area contributed by atoms with Gasteiger partial charge in [-0.2, -0.15) is 0 Å². The zero-order valence-electron chi connectivity index (χ0n) is 22.4.